The van der Waals surface area contributed by atoms with E-state index in [9.17, 15) is 9.59 Å². The number of nitrogens with one attached hydrogen (secondary N) is 2. The second kappa shape index (κ2) is 7.68. The molecule has 5 heteroatoms. The average Bonchev–Trinajstić information content (AvgIpc) is 2.20. The smallest absolute Gasteiger partial charge is 0.326 e. The Bertz CT molecular complexity index is 258. The lowest BCUT2D eigenvalue weighted by Gasteiger charge is -2.12. The minimum atomic E-state index is -1.03. The number of amides is 2. The van der Waals surface area contributed by atoms with Gasteiger partial charge in [0, 0.05) is 13.0 Å². The van der Waals surface area contributed by atoms with E-state index in [0.29, 0.717) is 25.8 Å². The highest BCUT2D eigenvalue weighted by Crippen LogP contribution is 1.90. The SMILES string of the molecule is C#CCCCNC(=O)NC(CC)C(=O)O. The Morgan fingerprint density at radius 1 is 1.53 bits per heavy atom. The maximum absolute atomic E-state index is 11.1. The van der Waals surface area contributed by atoms with E-state index in [-0.39, 0.29) is 0 Å². The number of terminal acetylenes is 1. The lowest BCUT2D eigenvalue weighted by molar-refractivity contribution is -0.139. The van der Waals surface area contributed by atoms with Crippen molar-refractivity contribution in [1.29, 1.82) is 0 Å². The number of hydrogen-bond acceptors (Lipinski definition) is 2. The Labute approximate surface area is 89.2 Å². The van der Waals surface area contributed by atoms with E-state index < -0.39 is 18.0 Å². The van der Waals surface area contributed by atoms with Crippen molar-refractivity contribution in [2.45, 2.75) is 32.2 Å². The zero-order valence-corrected chi connectivity index (χ0v) is 8.75. The molecule has 1 unspecified atom stereocenters. The molecule has 1 atom stereocenters. The number of urea groups is 1. The second-order valence-corrected chi connectivity index (χ2v) is 3.01. The maximum Gasteiger partial charge on any atom is 0.326 e. The summed E-state index contributed by atoms with van der Waals surface area (Å²) >= 11 is 0. The van der Waals surface area contributed by atoms with Crippen molar-refractivity contribution in [1.82, 2.24) is 10.6 Å². The highest BCUT2D eigenvalue weighted by molar-refractivity contribution is 5.82. The summed E-state index contributed by atoms with van der Waals surface area (Å²) < 4.78 is 0. The molecule has 0 bridgehead atoms. The number of carboxylic acid groups (broad SMARTS) is 1. The minimum Gasteiger partial charge on any atom is -0.480 e. The average molecular weight is 212 g/mol. The van der Waals surface area contributed by atoms with E-state index in [2.05, 4.69) is 16.6 Å². The molecule has 0 aliphatic heterocycles. The molecule has 0 rings (SSSR count). The van der Waals surface area contributed by atoms with Crippen LogP contribution in [0.25, 0.3) is 0 Å². The van der Waals surface area contributed by atoms with Gasteiger partial charge < -0.3 is 15.7 Å². The minimum absolute atomic E-state index is 0.354. The highest BCUT2D eigenvalue weighted by Gasteiger charge is 2.16. The molecule has 0 spiro atoms. The van der Waals surface area contributed by atoms with Crippen LogP contribution in [0, 0.1) is 12.3 Å². The first-order chi connectivity index (χ1) is 7.11. The van der Waals surface area contributed by atoms with Crippen LogP contribution in [-0.4, -0.2) is 29.7 Å². The summed E-state index contributed by atoms with van der Waals surface area (Å²) in [6.07, 6.45) is 6.67. The van der Waals surface area contributed by atoms with Gasteiger partial charge in [0.25, 0.3) is 0 Å². The van der Waals surface area contributed by atoms with Crippen LogP contribution in [0.5, 0.6) is 0 Å². The van der Waals surface area contributed by atoms with Gasteiger partial charge in [-0.25, -0.2) is 9.59 Å². The van der Waals surface area contributed by atoms with Gasteiger partial charge in [0.05, 0.1) is 0 Å². The molecule has 5 nitrogen and oxygen atoms in total. The van der Waals surface area contributed by atoms with Crippen molar-refractivity contribution < 1.29 is 14.7 Å². The molecule has 0 heterocycles. The molecule has 0 aromatic rings. The van der Waals surface area contributed by atoms with Gasteiger partial charge >= 0.3 is 12.0 Å². The molecule has 84 valence electrons. The van der Waals surface area contributed by atoms with E-state index in [1.54, 1.807) is 6.92 Å². The zero-order valence-electron chi connectivity index (χ0n) is 8.75. The summed E-state index contributed by atoms with van der Waals surface area (Å²) in [5, 5.41) is 13.5. The molecule has 0 saturated heterocycles. The van der Waals surface area contributed by atoms with E-state index in [1.165, 1.54) is 0 Å². The molecular formula is C10H16N2O3. The number of carbonyl (C=O) groups excluding carboxylic acids is 1. The van der Waals surface area contributed by atoms with Crippen LogP contribution in [0.3, 0.4) is 0 Å². The number of carboxylic acids is 1. The lowest BCUT2D eigenvalue weighted by Crippen LogP contribution is -2.45. The van der Waals surface area contributed by atoms with Crippen molar-refractivity contribution in [3.8, 4) is 12.3 Å². The van der Waals surface area contributed by atoms with E-state index in [4.69, 9.17) is 11.5 Å². The Morgan fingerprint density at radius 2 is 2.20 bits per heavy atom. The summed E-state index contributed by atoms with van der Waals surface area (Å²) in [6, 6.07) is -1.31. The first-order valence-corrected chi connectivity index (χ1v) is 4.82. The third-order valence-corrected chi connectivity index (χ3v) is 1.80. The van der Waals surface area contributed by atoms with Gasteiger partial charge in [0.1, 0.15) is 6.04 Å². The van der Waals surface area contributed by atoms with Gasteiger partial charge in [-0.3, -0.25) is 0 Å². The maximum atomic E-state index is 11.1. The number of aliphatic carboxylic acids is 1. The largest absolute Gasteiger partial charge is 0.480 e. The Morgan fingerprint density at radius 3 is 2.67 bits per heavy atom. The Hall–Kier alpha value is -1.70. The molecule has 0 aromatic carbocycles. The topological polar surface area (TPSA) is 78.4 Å². The molecule has 15 heavy (non-hydrogen) atoms. The van der Waals surface area contributed by atoms with Gasteiger partial charge in [0.15, 0.2) is 0 Å². The Balaban J connectivity index is 3.73. The predicted octanol–water partition coefficient (Wildman–Crippen LogP) is 0.562. The van der Waals surface area contributed by atoms with Crippen molar-refractivity contribution in [3.05, 3.63) is 0 Å². The summed E-state index contributed by atoms with van der Waals surface area (Å²) in [7, 11) is 0. The number of unbranched alkanes of at least 4 members (excludes halogenated alkanes) is 1. The van der Waals surface area contributed by atoms with E-state index in [0.717, 1.165) is 0 Å². The van der Waals surface area contributed by atoms with Crippen LogP contribution >= 0.6 is 0 Å². The fraction of sp³-hybridized carbons (Fsp3) is 0.600. The molecule has 0 saturated carbocycles. The molecule has 0 aliphatic rings. The number of rotatable bonds is 6. The zero-order chi connectivity index (χ0) is 11.7. The fourth-order valence-corrected chi connectivity index (χ4v) is 0.940. The van der Waals surface area contributed by atoms with E-state index in [1.807, 2.05) is 0 Å². The van der Waals surface area contributed by atoms with Gasteiger partial charge in [-0.15, -0.1) is 12.3 Å². The predicted molar refractivity (Wildman–Crippen MR) is 56.3 cm³/mol. The molecule has 0 radical (unpaired) electrons. The van der Waals surface area contributed by atoms with Crippen molar-refractivity contribution in [2.24, 2.45) is 0 Å². The van der Waals surface area contributed by atoms with Crippen LogP contribution in [-0.2, 0) is 4.79 Å². The fourth-order valence-electron chi connectivity index (χ4n) is 0.940. The molecule has 0 aromatic heterocycles. The Kier molecular flexibility index (Phi) is 6.81. The molecular weight excluding hydrogens is 196 g/mol. The van der Waals surface area contributed by atoms with Gasteiger partial charge in [-0.05, 0) is 12.8 Å². The van der Waals surface area contributed by atoms with Gasteiger partial charge in [0.2, 0.25) is 0 Å². The lowest BCUT2D eigenvalue weighted by atomic mass is 10.2. The van der Waals surface area contributed by atoms with Gasteiger partial charge in [-0.2, -0.15) is 0 Å². The first-order valence-electron chi connectivity index (χ1n) is 4.82. The summed E-state index contributed by atoms with van der Waals surface area (Å²) in [5.41, 5.74) is 0. The second-order valence-electron chi connectivity index (χ2n) is 3.01. The van der Waals surface area contributed by atoms with Crippen LogP contribution in [0.2, 0.25) is 0 Å². The summed E-state index contributed by atoms with van der Waals surface area (Å²) in [4.78, 5) is 21.7. The molecule has 0 aliphatic carbocycles. The summed E-state index contributed by atoms with van der Waals surface area (Å²) in [5.74, 6) is 1.41. The van der Waals surface area contributed by atoms with Crippen molar-refractivity contribution in [2.75, 3.05) is 6.54 Å². The van der Waals surface area contributed by atoms with Crippen molar-refractivity contribution in [3.63, 3.8) is 0 Å². The van der Waals surface area contributed by atoms with Crippen LogP contribution in [0.1, 0.15) is 26.2 Å². The molecule has 0 fully saturated rings. The monoisotopic (exact) mass is 212 g/mol. The summed E-state index contributed by atoms with van der Waals surface area (Å²) in [6.45, 7) is 2.14. The third kappa shape index (κ3) is 6.38. The van der Waals surface area contributed by atoms with E-state index >= 15 is 0 Å². The van der Waals surface area contributed by atoms with Crippen LogP contribution < -0.4 is 10.6 Å². The molecule has 3 N–H and O–H groups in total. The number of carbonyl (C=O) groups is 2. The van der Waals surface area contributed by atoms with Gasteiger partial charge in [-0.1, -0.05) is 6.92 Å². The highest BCUT2D eigenvalue weighted by atomic mass is 16.4. The van der Waals surface area contributed by atoms with Crippen LogP contribution in [0.15, 0.2) is 0 Å². The quantitative estimate of drug-likeness (QED) is 0.444. The van der Waals surface area contributed by atoms with Crippen molar-refractivity contribution >= 4 is 12.0 Å². The third-order valence-electron chi connectivity index (χ3n) is 1.80. The standard InChI is InChI=1S/C10H16N2O3/c1-3-5-6-7-11-10(15)12-8(4-2)9(13)14/h1,8H,4-7H2,2H3,(H,13,14)(H2,11,12,15). The van der Waals surface area contributed by atoms with Crippen LogP contribution in [0.4, 0.5) is 4.79 Å². The first kappa shape index (κ1) is 13.3. The number of hydrogen-bond donors (Lipinski definition) is 3. The normalized spacial score (nSPS) is 11.2. The molecule has 2 amide bonds.